The lowest BCUT2D eigenvalue weighted by molar-refractivity contribution is 0.582. The Morgan fingerprint density at radius 2 is 1.04 bits per heavy atom. The van der Waals surface area contributed by atoms with Crippen LogP contribution in [0.4, 0.5) is 0 Å². The van der Waals surface area contributed by atoms with Crippen LogP contribution < -0.4 is 0 Å². The molecule has 0 saturated carbocycles. The number of aryl methyl sites for hydroxylation is 1. The van der Waals surface area contributed by atoms with E-state index < -0.39 is 19.9 Å². The third-order valence-corrected chi connectivity index (χ3v) is 9.61. The summed E-state index contributed by atoms with van der Waals surface area (Å²) in [6.45, 7) is 1.79. The van der Waals surface area contributed by atoms with Crippen LogP contribution >= 0.6 is 47.8 Å². The fourth-order valence-corrected chi connectivity index (χ4v) is 6.19. The number of benzene rings is 2. The van der Waals surface area contributed by atoms with Gasteiger partial charge < -0.3 is 0 Å². The second-order valence-electron chi connectivity index (χ2n) is 4.74. The average molecular weight is 547 g/mol. The third-order valence-electron chi connectivity index (χ3n) is 3.07. The Bertz CT molecular complexity index is 911. The summed E-state index contributed by atoms with van der Waals surface area (Å²) in [6.07, 6.45) is 0. The summed E-state index contributed by atoms with van der Waals surface area (Å²) in [5.41, 5.74) is 1.53. The molecule has 0 aromatic heterocycles. The van der Waals surface area contributed by atoms with Crippen molar-refractivity contribution in [3.05, 3.63) is 59.7 Å². The summed E-state index contributed by atoms with van der Waals surface area (Å²) in [7, 11) is -9.06. The predicted octanol–water partition coefficient (Wildman–Crippen LogP) is 4.45. The predicted molar refractivity (Wildman–Crippen MR) is 100 cm³/mol. The minimum Gasteiger partial charge on any atom is -0.207 e. The van der Waals surface area contributed by atoms with E-state index in [9.17, 15) is 16.8 Å². The fourth-order valence-electron chi connectivity index (χ4n) is 1.77. The van der Waals surface area contributed by atoms with E-state index in [1.165, 1.54) is 36.4 Å². The van der Waals surface area contributed by atoms with E-state index >= 15 is 0 Å². The maximum absolute atomic E-state index is 12.5. The van der Waals surface area contributed by atoms with Crippen molar-refractivity contribution in [1.82, 2.24) is 0 Å². The van der Waals surface area contributed by atoms with E-state index in [1.807, 2.05) is 0 Å². The molecule has 124 valence electrons. The molecule has 0 bridgehead atoms. The molecule has 0 aliphatic rings. The zero-order chi connectivity index (χ0) is 17.5. The van der Waals surface area contributed by atoms with Gasteiger partial charge in [-0.2, -0.15) is 0 Å². The van der Waals surface area contributed by atoms with E-state index in [0.717, 1.165) is 5.56 Å². The maximum atomic E-state index is 12.5. The highest BCUT2D eigenvalue weighted by atomic mass is 80.0. The van der Waals surface area contributed by atoms with Crippen LogP contribution in [-0.2, 0) is 19.9 Å². The normalized spacial score (nSPS) is 13.0. The zero-order valence-electron chi connectivity index (χ0n) is 11.7. The van der Waals surface area contributed by atoms with E-state index in [2.05, 4.69) is 47.8 Å². The molecule has 0 radical (unpaired) electrons. The van der Waals surface area contributed by atoms with Gasteiger partial charge in [-0.1, -0.05) is 77.6 Å². The number of hydrogen-bond acceptors (Lipinski definition) is 4. The first kappa shape index (κ1) is 19.1. The average Bonchev–Trinajstić information content (AvgIpc) is 2.46. The van der Waals surface area contributed by atoms with Crippen molar-refractivity contribution in [3.8, 4) is 0 Å². The van der Waals surface area contributed by atoms with Crippen molar-refractivity contribution in [2.45, 2.75) is 18.9 Å². The van der Waals surface area contributed by atoms with Crippen molar-refractivity contribution in [1.29, 1.82) is 0 Å². The Kier molecular flexibility index (Phi) is 5.47. The molecule has 0 aliphatic carbocycles. The van der Waals surface area contributed by atoms with Gasteiger partial charge in [-0.3, -0.25) is 0 Å². The van der Waals surface area contributed by atoms with Gasteiger partial charge in [-0.05, 0) is 36.8 Å². The molecule has 0 N–H and O–H groups in total. The van der Waals surface area contributed by atoms with Crippen LogP contribution in [0.5, 0.6) is 0 Å². The van der Waals surface area contributed by atoms with Gasteiger partial charge in [0, 0.05) is 0 Å². The summed E-state index contributed by atoms with van der Waals surface area (Å²) < 4.78 is 49.1. The summed E-state index contributed by atoms with van der Waals surface area (Å²) in [5, 5.41) is 0. The molecule has 9 heteroatoms. The van der Waals surface area contributed by atoms with Gasteiger partial charge in [0.1, 0.15) is 0 Å². The Balaban J connectivity index is 2.51. The summed E-state index contributed by atoms with van der Waals surface area (Å²) >= 11 is 9.93. The van der Waals surface area contributed by atoms with Gasteiger partial charge in [0.05, 0.1) is 9.79 Å². The largest absolute Gasteiger partial charge is 0.286 e. The van der Waals surface area contributed by atoms with Crippen LogP contribution in [0, 0.1) is 6.92 Å². The molecule has 0 fully saturated rings. The molecule has 23 heavy (non-hydrogen) atoms. The van der Waals surface area contributed by atoms with Crippen molar-refractivity contribution in [3.63, 3.8) is 0 Å². The van der Waals surface area contributed by atoms with Crippen molar-refractivity contribution in [2.75, 3.05) is 0 Å². The highest BCUT2D eigenvalue weighted by Gasteiger charge is 2.34. The second kappa shape index (κ2) is 6.59. The molecule has 0 aliphatic heterocycles. The minimum atomic E-state index is -4.54. The number of alkyl halides is 3. The lowest BCUT2D eigenvalue weighted by atomic mass is 10.2. The fraction of sp³-hybridized carbons (Fsp3) is 0.143. The van der Waals surface area contributed by atoms with Crippen LogP contribution in [0.3, 0.4) is 0 Å². The molecule has 0 saturated heterocycles. The number of halogens is 3. The second-order valence-corrected chi connectivity index (χ2v) is 16.9. The molecule has 4 nitrogen and oxygen atoms in total. The Morgan fingerprint density at radius 1 is 0.696 bits per heavy atom. The van der Waals surface area contributed by atoms with E-state index in [4.69, 9.17) is 0 Å². The molecule has 2 aromatic carbocycles. The zero-order valence-corrected chi connectivity index (χ0v) is 18.1. The number of hydrogen-bond donors (Lipinski definition) is 0. The third kappa shape index (κ3) is 3.89. The summed E-state index contributed by atoms with van der Waals surface area (Å²) in [4.78, 5) is -0.526. The van der Waals surface area contributed by atoms with Crippen LogP contribution in [0.1, 0.15) is 11.1 Å². The first-order valence-corrected chi connectivity index (χ1v) is 12.1. The van der Waals surface area contributed by atoms with E-state index in [0.29, 0.717) is 5.56 Å². The standard InChI is InChI=1S/C14H11Br3O4S2/c1-10-2-6-12(7-3-10)22(18,19)23(20,21)13-8-4-11(5-9-13)14(15,16)17/h2-9H,1H3. The Morgan fingerprint density at radius 3 is 1.39 bits per heavy atom. The molecule has 2 rings (SSSR count). The lowest BCUT2D eigenvalue weighted by Gasteiger charge is -2.13. The van der Waals surface area contributed by atoms with Crippen LogP contribution in [0.25, 0.3) is 0 Å². The van der Waals surface area contributed by atoms with Crippen LogP contribution in [0.15, 0.2) is 58.3 Å². The van der Waals surface area contributed by atoms with Gasteiger partial charge in [-0.25, -0.2) is 16.8 Å². The van der Waals surface area contributed by atoms with E-state index in [1.54, 1.807) is 19.1 Å². The van der Waals surface area contributed by atoms with Crippen molar-refractivity contribution < 1.29 is 16.8 Å². The molecule has 0 amide bonds. The minimum absolute atomic E-state index is 0.247. The molecular weight excluding hydrogens is 536 g/mol. The lowest BCUT2D eigenvalue weighted by Crippen LogP contribution is -2.16. The molecule has 0 spiro atoms. The molecule has 2 aromatic rings. The molecule has 0 unspecified atom stereocenters. The van der Waals surface area contributed by atoms with Gasteiger partial charge in [0.2, 0.25) is 0 Å². The Labute approximate surface area is 159 Å². The highest BCUT2D eigenvalue weighted by Crippen LogP contribution is 2.44. The van der Waals surface area contributed by atoms with Crippen molar-refractivity contribution >= 4 is 65.5 Å². The van der Waals surface area contributed by atoms with E-state index in [-0.39, 0.29) is 9.79 Å². The van der Waals surface area contributed by atoms with Crippen molar-refractivity contribution in [2.24, 2.45) is 0 Å². The molecule has 0 atom stereocenters. The molecule has 0 heterocycles. The summed E-state index contributed by atoms with van der Waals surface area (Å²) in [5.74, 6) is 0. The van der Waals surface area contributed by atoms with Gasteiger partial charge in [0.25, 0.3) is 17.7 Å². The van der Waals surface area contributed by atoms with Crippen LogP contribution in [0.2, 0.25) is 0 Å². The van der Waals surface area contributed by atoms with Gasteiger partial charge >= 0.3 is 0 Å². The maximum Gasteiger partial charge on any atom is 0.286 e. The first-order chi connectivity index (χ1) is 10.5. The Hall–Kier alpha value is -0.220. The smallest absolute Gasteiger partial charge is 0.207 e. The number of rotatable bonds is 3. The SMILES string of the molecule is Cc1ccc(S(=O)(=O)S(=O)(=O)c2ccc(C(Br)(Br)Br)cc2)cc1. The topological polar surface area (TPSA) is 68.3 Å². The summed E-state index contributed by atoms with van der Waals surface area (Å²) in [6, 6.07) is 11.2. The van der Waals surface area contributed by atoms with Gasteiger partial charge in [0.15, 0.2) is 2.14 Å². The quantitative estimate of drug-likeness (QED) is 0.421. The molecular formula is C14H11Br3O4S2. The van der Waals surface area contributed by atoms with Gasteiger partial charge in [-0.15, -0.1) is 0 Å². The first-order valence-electron chi connectivity index (χ1n) is 6.20. The van der Waals surface area contributed by atoms with Crippen LogP contribution in [-0.4, -0.2) is 16.8 Å². The monoisotopic (exact) mass is 544 g/mol. The highest BCUT2D eigenvalue weighted by molar-refractivity contribution is 9.38.